The zero-order valence-electron chi connectivity index (χ0n) is 20.4. The molecule has 1 aliphatic heterocycles. The molecule has 0 aliphatic carbocycles. The molecule has 0 spiro atoms. The van der Waals surface area contributed by atoms with Crippen LogP contribution < -0.4 is 0 Å². The quantitative estimate of drug-likeness (QED) is 0.403. The summed E-state index contributed by atoms with van der Waals surface area (Å²) in [4.78, 5) is 12.1. The van der Waals surface area contributed by atoms with Crippen molar-refractivity contribution >= 4 is 21.2 Å². The van der Waals surface area contributed by atoms with Crippen LogP contribution in [0, 0.1) is 6.92 Å². The van der Waals surface area contributed by atoms with Crippen LogP contribution in [0.1, 0.15) is 36.7 Å². The topological polar surface area (TPSA) is 71.3 Å². The normalized spacial score (nSPS) is 15.8. The maximum absolute atomic E-state index is 13.2. The molecule has 2 aromatic carbocycles. The van der Waals surface area contributed by atoms with Gasteiger partial charge in [0.1, 0.15) is 11.3 Å². The lowest BCUT2D eigenvalue weighted by molar-refractivity contribution is 0.177. The van der Waals surface area contributed by atoms with E-state index in [1.807, 2.05) is 24.3 Å². The van der Waals surface area contributed by atoms with Crippen LogP contribution >= 0.6 is 0 Å². The molecule has 2 aromatic heterocycles. The van der Waals surface area contributed by atoms with E-state index >= 15 is 0 Å². The number of piperazine rings is 1. The minimum atomic E-state index is -3.50. The fourth-order valence-electron chi connectivity index (χ4n) is 4.53. The van der Waals surface area contributed by atoms with Gasteiger partial charge >= 0.3 is 0 Å². The number of fused-ring (bicyclic) bond motifs is 1. The number of nitrogens with zero attached hydrogens (tertiary/aromatic N) is 5. The SMILES string of the molecule is Cc1ccc(-n2c(CN3CCN(S(=O)(=O)c4ccc(C(C)C)cc4)CC3)nc3cccnc32)cc1. The van der Waals surface area contributed by atoms with Gasteiger partial charge in [0.15, 0.2) is 5.65 Å². The molecule has 182 valence electrons. The van der Waals surface area contributed by atoms with Gasteiger partial charge in [-0.1, -0.05) is 43.7 Å². The lowest BCUT2D eigenvalue weighted by atomic mass is 10.0. The monoisotopic (exact) mass is 489 g/mol. The second-order valence-electron chi connectivity index (χ2n) is 9.45. The molecule has 0 unspecified atom stereocenters. The smallest absolute Gasteiger partial charge is 0.243 e. The van der Waals surface area contributed by atoms with Gasteiger partial charge in [0.2, 0.25) is 10.0 Å². The molecule has 35 heavy (non-hydrogen) atoms. The third kappa shape index (κ3) is 4.74. The molecule has 4 aromatic rings. The van der Waals surface area contributed by atoms with Crippen molar-refractivity contribution in [2.24, 2.45) is 0 Å². The molecule has 0 N–H and O–H groups in total. The van der Waals surface area contributed by atoms with Gasteiger partial charge in [-0.25, -0.2) is 18.4 Å². The summed E-state index contributed by atoms with van der Waals surface area (Å²) in [6.45, 7) is 9.11. The molecule has 1 aliphatic rings. The Hall–Kier alpha value is -3.07. The van der Waals surface area contributed by atoms with Crippen LogP contribution in [0.25, 0.3) is 16.9 Å². The zero-order valence-corrected chi connectivity index (χ0v) is 21.2. The molecule has 1 saturated heterocycles. The molecular formula is C27H31N5O2S. The molecule has 0 saturated carbocycles. The van der Waals surface area contributed by atoms with Crippen molar-refractivity contribution in [2.75, 3.05) is 26.2 Å². The van der Waals surface area contributed by atoms with E-state index < -0.39 is 10.0 Å². The van der Waals surface area contributed by atoms with Crippen molar-refractivity contribution in [1.29, 1.82) is 0 Å². The highest BCUT2D eigenvalue weighted by atomic mass is 32.2. The highest BCUT2D eigenvalue weighted by Gasteiger charge is 2.29. The third-order valence-electron chi connectivity index (χ3n) is 6.66. The van der Waals surface area contributed by atoms with Crippen LogP contribution in [0.4, 0.5) is 0 Å². The van der Waals surface area contributed by atoms with Gasteiger partial charge in [-0.3, -0.25) is 9.47 Å². The molecule has 0 atom stereocenters. The van der Waals surface area contributed by atoms with E-state index in [1.165, 1.54) is 5.56 Å². The van der Waals surface area contributed by atoms with Gasteiger partial charge in [-0.2, -0.15) is 4.31 Å². The lowest BCUT2D eigenvalue weighted by Gasteiger charge is -2.33. The Morgan fingerprint density at radius 2 is 1.60 bits per heavy atom. The predicted molar refractivity (Wildman–Crippen MR) is 138 cm³/mol. The minimum Gasteiger partial charge on any atom is -0.293 e. The predicted octanol–water partition coefficient (Wildman–Crippen LogP) is 4.36. The molecule has 3 heterocycles. The first kappa shape index (κ1) is 23.7. The number of imidazole rings is 1. The van der Waals surface area contributed by atoms with Crippen molar-refractivity contribution in [3.05, 3.63) is 83.8 Å². The summed E-state index contributed by atoms with van der Waals surface area (Å²) in [5, 5.41) is 0. The Labute approximate surface area is 207 Å². The van der Waals surface area contributed by atoms with Crippen LogP contribution in [0.2, 0.25) is 0 Å². The maximum Gasteiger partial charge on any atom is 0.243 e. The Morgan fingerprint density at radius 3 is 2.26 bits per heavy atom. The van der Waals surface area contributed by atoms with Crippen LogP contribution in [0.5, 0.6) is 0 Å². The van der Waals surface area contributed by atoms with E-state index in [0.717, 1.165) is 28.2 Å². The Kier molecular flexibility index (Phi) is 6.44. The number of aryl methyl sites for hydroxylation is 1. The van der Waals surface area contributed by atoms with Gasteiger partial charge in [-0.05, 0) is 54.8 Å². The molecule has 0 amide bonds. The van der Waals surface area contributed by atoms with Crippen LogP contribution in [0.15, 0.2) is 71.8 Å². The second-order valence-corrected chi connectivity index (χ2v) is 11.4. The fraction of sp³-hybridized carbons (Fsp3) is 0.333. The molecule has 7 nitrogen and oxygen atoms in total. The molecule has 0 bridgehead atoms. The van der Waals surface area contributed by atoms with Crippen LogP contribution in [-0.2, 0) is 16.6 Å². The fourth-order valence-corrected chi connectivity index (χ4v) is 5.95. The van der Waals surface area contributed by atoms with Crippen LogP contribution in [-0.4, -0.2) is 58.3 Å². The average molecular weight is 490 g/mol. The summed E-state index contributed by atoms with van der Waals surface area (Å²) in [6, 6.07) is 19.5. The van der Waals surface area contributed by atoms with E-state index in [1.54, 1.807) is 22.6 Å². The first-order valence-electron chi connectivity index (χ1n) is 12.0. The third-order valence-corrected chi connectivity index (χ3v) is 8.57. The van der Waals surface area contributed by atoms with E-state index in [2.05, 4.69) is 59.5 Å². The summed E-state index contributed by atoms with van der Waals surface area (Å²) in [5.41, 5.74) is 5.05. The largest absolute Gasteiger partial charge is 0.293 e. The van der Waals surface area contributed by atoms with Gasteiger partial charge in [0.05, 0.1) is 11.4 Å². The summed E-state index contributed by atoms with van der Waals surface area (Å²) in [6.07, 6.45) is 1.79. The minimum absolute atomic E-state index is 0.364. The van der Waals surface area contributed by atoms with E-state index in [4.69, 9.17) is 4.98 Å². The molecule has 8 heteroatoms. The summed E-state index contributed by atoms with van der Waals surface area (Å²) in [5.74, 6) is 1.28. The van der Waals surface area contributed by atoms with Crippen molar-refractivity contribution in [2.45, 2.75) is 38.1 Å². The lowest BCUT2D eigenvalue weighted by Crippen LogP contribution is -2.48. The van der Waals surface area contributed by atoms with Gasteiger partial charge in [0, 0.05) is 38.1 Å². The van der Waals surface area contributed by atoms with Gasteiger partial charge in [-0.15, -0.1) is 0 Å². The molecule has 0 radical (unpaired) electrons. The molecule has 5 rings (SSSR count). The number of aromatic nitrogens is 3. The number of hydrogen-bond donors (Lipinski definition) is 0. The van der Waals surface area contributed by atoms with Gasteiger partial charge < -0.3 is 0 Å². The number of benzene rings is 2. The van der Waals surface area contributed by atoms with Crippen molar-refractivity contribution < 1.29 is 8.42 Å². The number of pyridine rings is 1. The zero-order chi connectivity index (χ0) is 24.6. The Morgan fingerprint density at radius 1 is 0.914 bits per heavy atom. The van der Waals surface area contributed by atoms with Crippen molar-refractivity contribution in [3.63, 3.8) is 0 Å². The number of sulfonamides is 1. The number of rotatable bonds is 6. The standard InChI is InChI=1S/C27H31N5O2S/c1-20(2)22-8-12-24(13-9-22)35(33,34)31-17-15-30(16-18-31)19-26-29-25-5-4-14-28-27(25)32(26)23-10-6-21(3)7-11-23/h4-14,20H,15-19H2,1-3H3. The summed E-state index contributed by atoms with van der Waals surface area (Å²) >= 11 is 0. The molecular weight excluding hydrogens is 458 g/mol. The Balaban J connectivity index is 1.33. The summed E-state index contributed by atoms with van der Waals surface area (Å²) in [7, 11) is -3.50. The number of hydrogen-bond acceptors (Lipinski definition) is 5. The van der Waals surface area contributed by atoms with Crippen LogP contribution in [0.3, 0.4) is 0 Å². The first-order chi connectivity index (χ1) is 16.8. The van der Waals surface area contributed by atoms with Crippen molar-refractivity contribution in [1.82, 2.24) is 23.7 Å². The van der Waals surface area contributed by atoms with E-state index in [9.17, 15) is 8.42 Å². The average Bonchev–Trinajstić information content (AvgIpc) is 3.22. The van der Waals surface area contributed by atoms with Crippen molar-refractivity contribution in [3.8, 4) is 5.69 Å². The highest BCUT2D eigenvalue weighted by molar-refractivity contribution is 7.89. The Bertz CT molecular complexity index is 1420. The van der Waals surface area contributed by atoms with Gasteiger partial charge in [0.25, 0.3) is 0 Å². The maximum atomic E-state index is 13.2. The summed E-state index contributed by atoms with van der Waals surface area (Å²) < 4.78 is 30.1. The second kappa shape index (κ2) is 9.53. The van der Waals surface area contributed by atoms with E-state index in [-0.39, 0.29) is 0 Å². The first-order valence-corrected chi connectivity index (χ1v) is 13.5. The highest BCUT2D eigenvalue weighted by Crippen LogP contribution is 2.24. The van der Waals surface area contributed by atoms with E-state index in [0.29, 0.717) is 43.5 Å². The molecule has 1 fully saturated rings.